The van der Waals surface area contributed by atoms with Crippen LogP contribution in [0.2, 0.25) is 0 Å². The third-order valence-corrected chi connectivity index (χ3v) is 14.9. The first-order valence-electron chi connectivity index (χ1n) is 18.9. The number of hydrogen-bond donors (Lipinski definition) is 0. The summed E-state index contributed by atoms with van der Waals surface area (Å²) in [5.74, 6) is 2.39. The van der Waals surface area contributed by atoms with Crippen LogP contribution in [0.25, 0.3) is 54.5 Å². The summed E-state index contributed by atoms with van der Waals surface area (Å²) in [5.41, 5.74) is 4.31. The summed E-state index contributed by atoms with van der Waals surface area (Å²) in [7, 11) is 0.873. The fourth-order valence-corrected chi connectivity index (χ4v) is 12.2. The van der Waals surface area contributed by atoms with Gasteiger partial charge >= 0.3 is 8.45 Å². The van der Waals surface area contributed by atoms with E-state index in [2.05, 4.69) is 191 Å². The summed E-state index contributed by atoms with van der Waals surface area (Å²) in [6.45, 7) is 0. The normalized spacial score (nSPS) is 11.6. The minimum absolute atomic E-state index is 0.790. The Labute approximate surface area is 334 Å². The second-order valence-electron chi connectivity index (χ2n) is 13.9. The molecule has 57 heavy (non-hydrogen) atoms. The minimum atomic E-state index is -1.58. The Bertz CT molecular complexity index is 2930. The molecule has 8 aromatic carbocycles. The van der Waals surface area contributed by atoms with E-state index in [9.17, 15) is 0 Å². The van der Waals surface area contributed by atoms with Crippen molar-refractivity contribution in [3.8, 4) is 28.4 Å². The lowest BCUT2D eigenvalue weighted by atomic mass is 9.93. The van der Waals surface area contributed by atoms with Crippen LogP contribution in [-0.2, 0) is 0 Å². The van der Waals surface area contributed by atoms with Crippen molar-refractivity contribution < 1.29 is 14.0 Å². The molecule has 0 spiro atoms. The van der Waals surface area contributed by atoms with Gasteiger partial charge in [-0.25, -0.2) is 0 Å². The molecule has 0 aliphatic heterocycles. The SMILES string of the molecule is COc1ccc2ccn(P(Oc3ccc4ccccc4c3-c3c(P(c4ccccc4)c4ccccc4)ccc4ccccc34)n3ccc4ccc(OC)cc43)c2c1. The Balaban J connectivity index is 1.28. The summed E-state index contributed by atoms with van der Waals surface area (Å²) in [6, 6.07) is 65.1. The fourth-order valence-electron chi connectivity index (χ4n) is 7.90. The molecule has 0 saturated carbocycles. The molecular weight excluding hydrogens is 739 g/mol. The maximum Gasteiger partial charge on any atom is 0.318 e. The quantitative estimate of drug-likeness (QED) is 0.130. The fraction of sp³-hybridized carbons (Fsp3) is 0.0400. The molecule has 0 unspecified atom stereocenters. The number of benzene rings is 8. The van der Waals surface area contributed by atoms with Crippen molar-refractivity contribution in [1.82, 2.24) is 8.68 Å². The van der Waals surface area contributed by atoms with E-state index in [0.29, 0.717) is 0 Å². The lowest BCUT2D eigenvalue weighted by Crippen LogP contribution is -2.22. The molecule has 0 amide bonds. The molecule has 0 atom stereocenters. The average Bonchev–Trinajstić information content (AvgIpc) is 3.90. The molecule has 0 N–H and O–H groups in total. The van der Waals surface area contributed by atoms with Gasteiger partial charge in [-0.05, 0) is 87.8 Å². The lowest BCUT2D eigenvalue weighted by Gasteiger charge is -2.27. The number of aromatic nitrogens is 2. The van der Waals surface area contributed by atoms with Crippen LogP contribution in [0.1, 0.15) is 0 Å². The van der Waals surface area contributed by atoms with Crippen molar-refractivity contribution in [2.24, 2.45) is 0 Å². The first-order chi connectivity index (χ1) is 28.2. The smallest absolute Gasteiger partial charge is 0.318 e. The molecule has 276 valence electrons. The summed E-state index contributed by atoms with van der Waals surface area (Å²) in [4.78, 5) is 0. The zero-order valence-corrected chi connectivity index (χ0v) is 33.3. The van der Waals surface area contributed by atoms with E-state index in [0.717, 1.165) is 55.4 Å². The van der Waals surface area contributed by atoms with Crippen LogP contribution in [0.3, 0.4) is 0 Å². The zero-order valence-electron chi connectivity index (χ0n) is 31.5. The molecular formula is C50H38N2O3P2. The molecule has 0 fully saturated rings. The predicted molar refractivity (Wildman–Crippen MR) is 241 cm³/mol. The predicted octanol–water partition coefficient (Wildman–Crippen LogP) is 12.0. The molecule has 2 heterocycles. The highest BCUT2D eigenvalue weighted by atomic mass is 31.2. The van der Waals surface area contributed by atoms with Crippen LogP contribution >= 0.6 is 16.4 Å². The van der Waals surface area contributed by atoms with Crippen LogP contribution in [0.4, 0.5) is 0 Å². The van der Waals surface area contributed by atoms with Gasteiger partial charge < -0.3 is 14.0 Å². The Morgan fingerprint density at radius 1 is 0.421 bits per heavy atom. The molecule has 10 aromatic rings. The summed E-state index contributed by atoms with van der Waals surface area (Å²) < 4.78 is 23.7. The first kappa shape index (κ1) is 35.1. The van der Waals surface area contributed by atoms with Gasteiger partial charge in [-0.15, -0.1) is 0 Å². The van der Waals surface area contributed by atoms with Gasteiger partial charge in [0.15, 0.2) is 0 Å². The highest BCUT2D eigenvalue weighted by Gasteiger charge is 2.28. The van der Waals surface area contributed by atoms with E-state index in [1.165, 1.54) is 32.2 Å². The first-order valence-corrected chi connectivity index (χ1v) is 21.4. The van der Waals surface area contributed by atoms with Gasteiger partial charge in [0.1, 0.15) is 17.2 Å². The van der Waals surface area contributed by atoms with Gasteiger partial charge in [-0.1, -0.05) is 127 Å². The summed E-state index contributed by atoms with van der Waals surface area (Å²) in [6.07, 6.45) is 4.27. The largest absolute Gasteiger partial charge is 0.497 e. The highest BCUT2D eigenvalue weighted by molar-refractivity contribution is 7.80. The number of fused-ring (bicyclic) bond motifs is 4. The highest BCUT2D eigenvalue weighted by Crippen LogP contribution is 2.52. The Morgan fingerprint density at radius 3 is 1.44 bits per heavy atom. The van der Waals surface area contributed by atoms with Gasteiger partial charge in [0, 0.05) is 46.4 Å². The minimum Gasteiger partial charge on any atom is -0.497 e. The van der Waals surface area contributed by atoms with Gasteiger partial charge in [-0.3, -0.25) is 8.68 Å². The monoisotopic (exact) mass is 776 g/mol. The zero-order chi connectivity index (χ0) is 38.3. The average molecular weight is 777 g/mol. The number of hydrogen-bond acceptors (Lipinski definition) is 3. The molecule has 0 aliphatic carbocycles. The van der Waals surface area contributed by atoms with E-state index in [-0.39, 0.29) is 0 Å². The van der Waals surface area contributed by atoms with Crippen molar-refractivity contribution in [2.75, 3.05) is 14.2 Å². The topological polar surface area (TPSA) is 37.5 Å². The van der Waals surface area contributed by atoms with Gasteiger partial charge in [-0.2, -0.15) is 0 Å². The lowest BCUT2D eigenvalue weighted by molar-refractivity contribution is 0.415. The second kappa shape index (κ2) is 14.9. The van der Waals surface area contributed by atoms with Crippen molar-refractivity contribution in [1.29, 1.82) is 0 Å². The number of methoxy groups -OCH3 is 2. The van der Waals surface area contributed by atoms with E-state index in [1.54, 1.807) is 14.2 Å². The van der Waals surface area contributed by atoms with Crippen LogP contribution < -0.4 is 29.9 Å². The molecule has 7 heteroatoms. The second-order valence-corrected chi connectivity index (χ2v) is 17.6. The maximum absolute atomic E-state index is 7.67. The molecule has 10 rings (SSSR count). The van der Waals surface area contributed by atoms with Gasteiger partial charge in [0.2, 0.25) is 0 Å². The Kier molecular flexibility index (Phi) is 9.19. The molecule has 2 aromatic heterocycles. The summed E-state index contributed by atoms with van der Waals surface area (Å²) in [5, 5.41) is 10.7. The van der Waals surface area contributed by atoms with Crippen LogP contribution in [-0.4, -0.2) is 22.9 Å². The molecule has 0 saturated heterocycles. The summed E-state index contributed by atoms with van der Waals surface area (Å²) >= 11 is 0. The van der Waals surface area contributed by atoms with E-state index >= 15 is 0 Å². The van der Waals surface area contributed by atoms with Crippen LogP contribution in [0, 0.1) is 0 Å². The number of nitrogens with zero attached hydrogens (tertiary/aromatic N) is 2. The van der Waals surface area contributed by atoms with Crippen LogP contribution in [0.15, 0.2) is 194 Å². The van der Waals surface area contributed by atoms with Crippen molar-refractivity contribution >= 4 is 75.6 Å². The molecule has 0 aliphatic rings. The van der Waals surface area contributed by atoms with Crippen molar-refractivity contribution in [3.63, 3.8) is 0 Å². The van der Waals surface area contributed by atoms with Gasteiger partial charge in [0.05, 0.1) is 25.3 Å². The number of rotatable bonds is 10. The van der Waals surface area contributed by atoms with E-state index in [1.807, 2.05) is 12.1 Å². The van der Waals surface area contributed by atoms with E-state index < -0.39 is 16.4 Å². The van der Waals surface area contributed by atoms with Crippen molar-refractivity contribution in [3.05, 3.63) is 194 Å². The molecule has 5 nitrogen and oxygen atoms in total. The number of ether oxygens (including phenoxy) is 2. The van der Waals surface area contributed by atoms with E-state index in [4.69, 9.17) is 14.0 Å². The molecule has 0 radical (unpaired) electrons. The Morgan fingerprint density at radius 2 is 0.895 bits per heavy atom. The third kappa shape index (κ3) is 6.30. The maximum atomic E-state index is 7.67. The third-order valence-electron chi connectivity index (χ3n) is 10.6. The van der Waals surface area contributed by atoms with Gasteiger partial charge in [0.25, 0.3) is 0 Å². The van der Waals surface area contributed by atoms with Crippen LogP contribution in [0.5, 0.6) is 17.2 Å². The Hall–Kier alpha value is -6.38. The molecule has 0 bridgehead atoms. The van der Waals surface area contributed by atoms with Crippen molar-refractivity contribution in [2.45, 2.75) is 0 Å². The standard InChI is InChI=1S/C50H38N2O3P2/c1-53-39-25-21-37-29-31-51(45(37)33-39)57(52-32-30-38-22-26-40(54-2)34-46(38)52)55-47-27-23-35-13-9-11-19-43(35)49(47)50-44-20-12-10-14-36(44)24-28-48(50)56(41-15-5-3-6-16-41)42-17-7-4-8-18-42/h3-34H,1-2H3.